The van der Waals surface area contributed by atoms with Gasteiger partial charge in [0.15, 0.2) is 0 Å². The second-order valence-electron chi connectivity index (χ2n) is 6.76. The lowest BCUT2D eigenvalue weighted by atomic mass is 9.94. The highest BCUT2D eigenvalue weighted by molar-refractivity contribution is 6.44. The molecule has 0 spiro atoms. The Bertz CT molecular complexity index is 630. The van der Waals surface area contributed by atoms with E-state index < -0.39 is 11.7 Å². The molecule has 0 aliphatic heterocycles. The van der Waals surface area contributed by atoms with E-state index in [4.69, 9.17) is 4.74 Å². The molecule has 1 amide bonds. The molecular formula is C19H27FN2O2. The number of hydrogen-bond donors (Lipinski definition) is 0. The van der Waals surface area contributed by atoms with E-state index >= 15 is 0 Å². The Balaban J connectivity index is 3.18. The largest absolute Gasteiger partial charge is 0.442 e. The minimum Gasteiger partial charge on any atom is -0.442 e. The molecule has 24 heavy (non-hydrogen) atoms. The fraction of sp³-hybridized carbons (Fsp3) is 0.526. The van der Waals surface area contributed by atoms with Crippen LogP contribution in [0.5, 0.6) is 0 Å². The maximum atomic E-state index is 13.4. The van der Waals surface area contributed by atoms with Crippen LogP contribution < -0.4 is 0 Å². The topological polar surface area (TPSA) is 51.0 Å². The molecule has 0 radical (unpaired) electrons. The van der Waals surface area contributed by atoms with Crippen LogP contribution in [0.25, 0.3) is 0 Å². The van der Waals surface area contributed by atoms with Gasteiger partial charge in [-0.3, -0.25) is 4.99 Å². The first-order valence-electron chi connectivity index (χ1n) is 8.18. The van der Waals surface area contributed by atoms with Gasteiger partial charge in [-0.25, -0.2) is 9.18 Å². The standard InChI is InChI=1S/C19H27FN2O2/c1-7-13(2)17(21-6)16(22-18(23)24-19(3,4)5)12-14-9-8-10-15(20)11-14/h8-11,13H,7,12H2,1-6H3. The molecule has 1 rings (SSSR count). The van der Waals surface area contributed by atoms with Crippen molar-refractivity contribution < 1.29 is 13.9 Å². The molecule has 0 fully saturated rings. The van der Waals surface area contributed by atoms with Crippen LogP contribution in [0.2, 0.25) is 0 Å². The summed E-state index contributed by atoms with van der Waals surface area (Å²) in [7, 11) is 1.68. The maximum Gasteiger partial charge on any atom is 0.434 e. The molecule has 0 aliphatic rings. The van der Waals surface area contributed by atoms with Gasteiger partial charge in [-0.15, -0.1) is 0 Å². The molecule has 0 heterocycles. The second kappa shape index (κ2) is 8.71. The Morgan fingerprint density at radius 3 is 2.50 bits per heavy atom. The van der Waals surface area contributed by atoms with Crippen LogP contribution in [0.3, 0.4) is 0 Å². The van der Waals surface area contributed by atoms with Gasteiger partial charge < -0.3 is 4.74 Å². The van der Waals surface area contributed by atoms with Crippen molar-refractivity contribution in [2.45, 2.75) is 53.1 Å². The van der Waals surface area contributed by atoms with Gasteiger partial charge in [-0.1, -0.05) is 26.0 Å². The number of carbonyl (C=O) groups is 1. The number of ether oxygens (including phenoxy) is 1. The van der Waals surface area contributed by atoms with Crippen molar-refractivity contribution in [2.75, 3.05) is 7.05 Å². The highest BCUT2D eigenvalue weighted by atomic mass is 19.1. The highest BCUT2D eigenvalue weighted by Gasteiger charge is 2.20. The number of carbonyl (C=O) groups excluding carboxylic acids is 1. The molecule has 0 aromatic heterocycles. The molecule has 5 heteroatoms. The van der Waals surface area contributed by atoms with E-state index in [2.05, 4.69) is 9.98 Å². The quantitative estimate of drug-likeness (QED) is 0.722. The average Bonchev–Trinajstić information content (AvgIpc) is 2.45. The summed E-state index contributed by atoms with van der Waals surface area (Å²) in [6.07, 6.45) is 0.537. The summed E-state index contributed by atoms with van der Waals surface area (Å²) in [4.78, 5) is 20.6. The van der Waals surface area contributed by atoms with Crippen LogP contribution in [0, 0.1) is 11.7 Å². The minimum atomic E-state index is -0.654. The lowest BCUT2D eigenvalue weighted by molar-refractivity contribution is 0.0604. The Morgan fingerprint density at radius 2 is 2.00 bits per heavy atom. The summed E-state index contributed by atoms with van der Waals surface area (Å²) in [6.45, 7) is 9.43. The summed E-state index contributed by atoms with van der Waals surface area (Å²) in [5.41, 5.74) is 1.38. The van der Waals surface area contributed by atoms with Crippen molar-refractivity contribution in [3.8, 4) is 0 Å². The van der Waals surface area contributed by atoms with E-state index in [1.807, 2.05) is 13.8 Å². The number of halogens is 1. The van der Waals surface area contributed by atoms with E-state index in [0.29, 0.717) is 12.1 Å². The van der Waals surface area contributed by atoms with Crippen molar-refractivity contribution in [1.29, 1.82) is 0 Å². The van der Waals surface area contributed by atoms with E-state index in [9.17, 15) is 9.18 Å². The first-order valence-corrected chi connectivity index (χ1v) is 8.18. The zero-order valence-electron chi connectivity index (χ0n) is 15.4. The molecule has 0 N–H and O–H groups in total. The fourth-order valence-electron chi connectivity index (χ4n) is 2.25. The Morgan fingerprint density at radius 1 is 1.33 bits per heavy atom. The van der Waals surface area contributed by atoms with Crippen LogP contribution in [-0.4, -0.2) is 30.2 Å². The van der Waals surface area contributed by atoms with E-state index in [1.54, 1.807) is 40.0 Å². The molecule has 0 aliphatic carbocycles. The van der Waals surface area contributed by atoms with Crippen LogP contribution in [-0.2, 0) is 11.2 Å². The SMILES string of the molecule is CCC(C)C(=NC)C(Cc1cccc(F)c1)=NC(=O)OC(C)(C)C. The molecule has 4 nitrogen and oxygen atoms in total. The third kappa shape index (κ3) is 6.60. The van der Waals surface area contributed by atoms with Gasteiger partial charge >= 0.3 is 6.09 Å². The van der Waals surface area contributed by atoms with Gasteiger partial charge in [0, 0.05) is 13.5 Å². The fourth-order valence-corrected chi connectivity index (χ4v) is 2.25. The zero-order chi connectivity index (χ0) is 18.3. The summed E-state index contributed by atoms with van der Waals surface area (Å²) >= 11 is 0. The molecule has 1 unspecified atom stereocenters. The van der Waals surface area contributed by atoms with Crippen molar-refractivity contribution in [3.63, 3.8) is 0 Å². The molecule has 132 valence electrons. The van der Waals surface area contributed by atoms with Gasteiger partial charge in [0.1, 0.15) is 11.4 Å². The van der Waals surface area contributed by atoms with Crippen LogP contribution in [0.15, 0.2) is 34.3 Å². The number of benzene rings is 1. The summed E-state index contributed by atoms with van der Waals surface area (Å²) in [6, 6.07) is 6.27. The number of aliphatic imine (C=N–C) groups is 2. The monoisotopic (exact) mass is 334 g/mol. The van der Waals surface area contributed by atoms with Crippen molar-refractivity contribution in [1.82, 2.24) is 0 Å². The average molecular weight is 334 g/mol. The van der Waals surface area contributed by atoms with Gasteiger partial charge in [0.2, 0.25) is 0 Å². The van der Waals surface area contributed by atoms with Gasteiger partial charge in [-0.05, 0) is 50.8 Å². The number of hydrogen-bond acceptors (Lipinski definition) is 3. The highest BCUT2D eigenvalue weighted by Crippen LogP contribution is 2.14. The first-order chi connectivity index (χ1) is 11.2. The number of amides is 1. The summed E-state index contributed by atoms with van der Waals surface area (Å²) in [5.74, 6) is -0.174. The smallest absolute Gasteiger partial charge is 0.434 e. The summed E-state index contributed by atoms with van der Waals surface area (Å²) < 4.78 is 18.7. The third-order valence-corrected chi connectivity index (χ3v) is 3.50. The molecule has 1 aromatic carbocycles. The molecular weight excluding hydrogens is 307 g/mol. The van der Waals surface area contributed by atoms with Crippen LogP contribution >= 0.6 is 0 Å². The first kappa shape index (κ1) is 20.0. The lowest BCUT2D eigenvalue weighted by Crippen LogP contribution is -2.27. The predicted molar refractivity (Wildman–Crippen MR) is 96.6 cm³/mol. The van der Waals surface area contributed by atoms with E-state index in [-0.39, 0.29) is 11.7 Å². The van der Waals surface area contributed by atoms with Crippen molar-refractivity contribution in [3.05, 3.63) is 35.6 Å². The van der Waals surface area contributed by atoms with Crippen molar-refractivity contribution in [2.24, 2.45) is 15.9 Å². The molecule has 1 atom stereocenters. The normalized spacial score (nSPS) is 14.5. The van der Waals surface area contributed by atoms with Crippen LogP contribution in [0.4, 0.5) is 9.18 Å². The van der Waals surface area contributed by atoms with E-state index in [1.165, 1.54) is 12.1 Å². The Kier molecular flexibility index (Phi) is 7.26. The number of rotatable bonds is 5. The predicted octanol–water partition coefficient (Wildman–Crippen LogP) is 4.86. The maximum absolute atomic E-state index is 13.4. The third-order valence-electron chi connectivity index (χ3n) is 3.50. The Hall–Kier alpha value is -2.04. The molecule has 0 bridgehead atoms. The minimum absolute atomic E-state index is 0.143. The van der Waals surface area contributed by atoms with Crippen LogP contribution in [0.1, 0.15) is 46.6 Å². The number of nitrogens with zero attached hydrogens (tertiary/aromatic N) is 2. The van der Waals surface area contributed by atoms with E-state index in [0.717, 1.165) is 17.7 Å². The molecule has 1 aromatic rings. The van der Waals surface area contributed by atoms with Gasteiger partial charge in [-0.2, -0.15) is 4.99 Å². The summed E-state index contributed by atoms with van der Waals surface area (Å²) in [5, 5.41) is 0. The molecule has 0 saturated carbocycles. The zero-order valence-corrected chi connectivity index (χ0v) is 15.4. The Labute approximate surface area is 143 Å². The second-order valence-corrected chi connectivity index (χ2v) is 6.76. The molecule has 0 saturated heterocycles. The van der Waals surface area contributed by atoms with Gasteiger partial charge in [0.25, 0.3) is 0 Å². The van der Waals surface area contributed by atoms with Gasteiger partial charge in [0.05, 0.1) is 11.4 Å². The lowest BCUT2D eigenvalue weighted by Gasteiger charge is -2.19. The van der Waals surface area contributed by atoms with Crippen molar-refractivity contribution >= 4 is 17.5 Å².